The van der Waals surface area contributed by atoms with Crippen LogP contribution in [0, 0.1) is 0 Å². The van der Waals surface area contributed by atoms with Crippen LogP contribution in [-0.4, -0.2) is 29.9 Å². The van der Waals surface area contributed by atoms with E-state index in [1.807, 2.05) is 54.6 Å². The smallest absolute Gasteiger partial charge is 0.119 e. The minimum absolute atomic E-state index is 0.0409. The maximum atomic E-state index is 9.97. The summed E-state index contributed by atoms with van der Waals surface area (Å²) in [5.74, 6) is 0.776. The van der Waals surface area contributed by atoms with Crippen LogP contribution >= 0.6 is 0 Å². The quantitative estimate of drug-likeness (QED) is 0.649. The molecular weight excluding hydrogens is 266 g/mol. The van der Waals surface area contributed by atoms with Gasteiger partial charge >= 0.3 is 0 Å². The van der Waals surface area contributed by atoms with Crippen LogP contribution in [0.15, 0.2) is 54.6 Å². The lowest BCUT2D eigenvalue weighted by atomic mass is 10.1. The molecule has 0 aliphatic carbocycles. The van der Waals surface area contributed by atoms with Crippen LogP contribution in [0.1, 0.15) is 17.2 Å². The molecule has 4 nitrogen and oxygen atoms in total. The minimum atomic E-state index is -0.505. The van der Waals surface area contributed by atoms with Gasteiger partial charge in [-0.15, -0.1) is 0 Å². The van der Waals surface area contributed by atoms with E-state index in [0.717, 1.165) is 16.9 Å². The standard InChI is InChI=1S/C17H21NO3/c19-13-14-6-8-16(9-7-14)21-11-10-18-12-17(20)15-4-2-1-3-5-15/h1-9,17-20H,10-13H2. The lowest BCUT2D eigenvalue weighted by Gasteiger charge is -2.12. The van der Waals surface area contributed by atoms with Gasteiger partial charge in [-0.25, -0.2) is 0 Å². The molecule has 0 heterocycles. The van der Waals surface area contributed by atoms with E-state index in [-0.39, 0.29) is 6.61 Å². The third-order valence-electron chi connectivity index (χ3n) is 3.18. The Balaban J connectivity index is 1.63. The summed E-state index contributed by atoms with van der Waals surface area (Å²) in [5.41, 5.74) is 1.77. The van der Waals surface area contributed by atoms with E-state index in [2.05, 4.69) is 5.32 Å². The molecule has 2 aromatic rings. The normalized spacial score (nSPS) is 12.1. The fourth-order valence-electron chi connectivity index (χ4n) is 1.96. The molecule has 0 bridgehead atoms. The van der Waals surface area contributed by atoms with Gasteiger partial charge in [0, 0.05) is 13.1 Å². The van der Waals surface area contributed by atoms with E-state index in [0.29, 0.717) is 19.7 Å². The van der Waals surface area contributed by atoms with Crippen LogP contribution in [0.4, 0.5) is 0 Å². The van der Waals surface area contributed by atoms with Crippen LogP contribution in [0.2, 0.25) is 0 Å². The van der Waals surface area contributed by atoms with Crippen molar-refractivity contribution in [3.05, 3.63) is 65.7 Å². The van der Waals surface area contributed by atoms with Gasteiger partial charge < -0.3 is 20.3 Å². The maximum Gasteiger partial charge on any atom is 0.119 e. The average Bonchev–Trinajstić information content (AvgIpc) is 2.55. The minimum Gasteiger partial charge on any atom is -0.492 e. The Morgan fingerprint density at radius 1 is 1.00 bits per heavy atom. The highest BCUT2D eigenvalue weighted by molar-refractivity contribution is 5.26. The van der Waals surface area contributed by atoms with Gasteiger partial charge in [0.05, 0.1) is 12.7 Å². The largest absolute Gasteiger partial charge is 0.492 e. The molecule has 0 saturated heterocycles. The molecule has 2 rings (SSSR count). The second kappa shape index (κ2) is 8.42. The Bertz CT molecular complexity index is 513. The highest BCUT2D eigenvalue weighted by Crippen LogP contribution is 2.12. The monoisotopic (exact) mass is 287 g/mol. The Morgan fingerprint density at radius 3 is 2.38 bits per heavy atom. The van der Waals surface area contributed by atoms with Gasteiger partial charge in [0.2, 0.25) is 0 Å². The first-order valence-electron chi connectivity index (χ1n) is 7.06. The third-order valence-corrected chi connectivity index (χ3v) is 3.18. The number of hydrogen-bond donors (Lipinski definition) is 3. The molecule has 1 atom stereocenters. The molecule has 0 aliphatic rings. The van der Waals surface area contributed by atoms with Crippen molar-refractivity contribution in [1.29, 1.82) is 0 Å². The van der Waals surface area contributed by atoms with Gasteiger partial charge in [0.25, 0.3) is 0 Å². The summed E-state index contributed by atoms with van der Waals surface area (Å²) in [6.45, 7) is 1.72. The molecule has 0 aliphatic heterocycles. The first-order chi connectivity index (χ1) is 10.3. The zero-order valence-corrected chi connectivity index (χ0v) is 11.9. The second-order valence-corrected chi connectivity index (χ2v) is 4.78. The van der Waals surface area contributed by atoms with Gasteiger partial charge in [0.1, 0.15) is 12.4 Å². The summed E-state index contributed by atoms with van der Waals surface area (Å²) in [5, 5.41) is 22.1. The maximum absolute atomic E-state index is 9.97. The van der Waals surface area contributed by atoms with Crippen LogP contribution in [-0.2, 0) is 6.61 Å². The molecule has 0 radical (unpaired) electrons. The summed E-state index contributed by atoms with van der Waals surface area (Å²) in [7, 11) is 0. The number of rotatable bonds is 8. The van der Waals surface area contributed by atoms with Crippen molar-refractivity contribution >= 4 is 0 Å². The molecule has 3 N–H and O–H groups in total. The summed E-state index contributed by atoms with van der Waals surface area (Å²) >= 11 is 0. The predicted octanol–water partition coefficient (Wildman–Crippen LogP) is 1.88. The van der Waals surface area contributed by atoms with Crippen LogP contribution < -0.4 is 10.1 Å². The van der Waals surface area contributed by atoms with E-state index in [1.54, 1.807) is 0 Å². The van der Waals surface area contributed by atoms with E-state index in [1.165, 1.54) is 0 Å². The molecule has 0 fully saturated rings. The fourth-order valence-corrected chi connectivity index (χ4v) is 1.96. The topological polar surface area (TPSA) is 61.7 Å². The van der Waals surface area contributed by atoms with Crippen molar-refractivity contribution in [3.8, 4) is 5.75 Å². The van der Waals surface area contributed by atoms with Crippen LogP contribution in [0.3, 0.4) is 0 Å². The number of ether oxygens (including phenoxy) is 1. The van der Waals surface area contributed by atoms with Crippen molar-refractivity contribution in [3.63, 3.8) is 0 Å². The molecule has 4 heteroatoms. The van der Waals surface area contributed by atoms with E-state index in [9.17, 15) is 5.11 Å². The van der Waals surface area contributed by atoms with Gasteiger partial charge in [-0.3, -0.25) is 0 Å². The van der Waals surface area contributed by atoms with E-state index >= 15 is 0 Å². The number of aliphatic hydroxyl groups excluding tert-OH is 2. The van der Waals surface area contributed by atoms with Gasteiger partial charge in [-0.1, -0.05) is 42.5 Å². The average molecular weight is 287 g/mol. The van der Waals surface area contributed by atoms with E-state index in [4.69, 9.17) is 9.84 Å². The van der Waals surface area contributed by atoms with Crippen LogP contribution in [0.25, 0.3) is 0 Å². The molecule has 112 valence electrons. The zero-order valence-electron chi connectivity index (χ0n) is 11.9. The Morgan fingerprint density at radius 2 is 1.71 bits per heavy atom. The third kappa shape index (κ3) is 5.19. The highest BCUT2D eigenvalue weighted by atomic mass is 16.5. The second-order valence-electron chi connectivity index (χ2n) is 4.78. The number of nitrogens with one attached hydrogen (secondary N) is 1. The summed E-state index contributed by atoms with van der Waals surface area (Å²) in [6, 6.07) is 16.9. The molecule has 0 aromatic heterocycles. The Hall–Kier alpha value is -1.88. The summed E-state index contributed by atoms with van der Waals surface area (Å²) < 4.78 is 5.57. The van der Waals surface area contributed by atoms with Gasteiger partial charge in [-0.2, -0.15) is 0 Å². The molecule has 0 amide bonds. The SMILES string of the molecule is OCc1ccc(OCCNCC(O)c2ccccc2)cc1. The number of benzene rings is 2. The Kier molecular flexibility index (Phi) is 6.22. The lowest BCUT2D eigenvalue weighted by molar-refractivity contribution is 0.172. The number of aliphatic hydroxyl groups is 2. The van der Waals surface area contributed by atoms with Gasteiger partial charge in [-0.05, 0) is 23.3 Å². The van der Waals surface area contributed by atoms with Crippen molar-refractivity contribution in [2.24, 2.45) is 0 Å². The molecule has 0 saturated carbocycles. The summed E-state index contributed by atoms with van der Waals surface area (Å²) in [6.07, 6.45) is -0.505. The zero-order chi connectivity index (χ0) is 14.9. The lowest BCUT2D eigenvalue weighted by Crippen LogP contribution is -2.26. The number of hydrogen-bond acceptors (Lipinski definition) is 4. The van der Waals surface area contributed by atoms with Crippen molar-refractivity contribution < 1.29 is 14.9 Å². The highest BCUT2D eigenvalue weighted by Gasteiger charge is 2.05. The predicted molar refractivity (Wildman–Crippen MR) is 82.1 cm³/mol. The molecular formula is C17H21NO3. The van der Waals surface area contributed by atoms with Crippen molar-refractivity contribution in [2.45, 2.75) is 12.7 Å². The first-order valence-corrected chi connectivity index (χ1v) is 7.06. The van der Waals surface area contributed by atoms with Gasteiger partial charge in [0.15, 0.2) is 0 Å². The summed E-state index contributed by atoms with van der Waals surface area (Å²) in [4.78, 5) is 0. The van der Waals surface area contributed by atoms with Crippen LogP contribution in [0.5, 0.6) is 5.75 Å². The van der Waals surface area contributed by atoms with Crippen molar-refractivity contribution in [2.75, 3.05) is 19.7 Å². The Labute approximate surface area is 125 Å². The van der Waals surface area contributed by atoms with Crippen molar-refractivity contribution in [1.82, 2.24) is 5.32 Å². The molecule has 0 spiro atoms. The molecule has 1 unspecified atom stereocenters. The molecule has 21 heavy (non-hydrogen) atoms. The fraction of sp³-hybridized carbons (Fsp3) is 0.294. The molecule has 2 aromatic carbocycles. The van der Waals surface area contributed by atoms with E-state index < -0.39 is 6.10 Å². The first kappa shape index (κ1) is 15.5.